The van der Waals surface area contributed by atoms with Crippen LogP contribution in [-0.4, -0.2) is 38.2 Å². The molecule has 0 amide bonds. The maximum Gasteiger partial charge on any atom is 0.303 e. The first kappa shape index (κ1) is 20.9. The van der Waals surface area contributed by atoms with Gasteiger partial charge >= 0.3 is 11.9 Å². The van der Waals surface area contributed by atoms with Crippen molar-refractivity contribution in [3.05, 3.63) is 0 Å². The van der Waals surface area contributed by atoms with E-state index < -0.39 is 17.7 Å². The minimum Gasteiger partial charge on any atom is -0.481 e. The molecule has 0 aliphatic rings. The van der Waals surface area contributed by atoms with Crippen molar-refractivity contribution in [1.29, 1.82) is 0 Å². The van der Waals surface area contributed by atoms with Crippen LogP contribution in [-0.2, 0) is 9.59 Å². The summed E-state index contributed by atoms with van der Waals surface area (Å²) in [4.78, 5) is 21.2. The third kappa shape index (κ3) is 8.34. The fourth-order valence-corrected chi connectivity index (χ4v) is 3.16. The average molecular weight is 318 g/mol. The molecular formula is C16H30O6. The van der Waals surface area contributed by atoms with Crippen LogP contribution in [0.2, 0.25) is 0 Å². The number of hydrogen-bond acceptors (Lipinski definition) is 4. The number of rotatable bonds is 13. The van der Waals surface area contributed by atoms with E-state index in [0.29, 0.717) is 19.3 Å². The molecule has 0 saturated heterocycles. The first-order valence-electron chi connectivity index (χ1n) is 8.12. The maximum atomic E-state index is 10.6. The summed E-state index contributed by atoms with van der Waals surface area (Å²) in [6.07, 6.45) is 3.65. The summed E-state index contributed by atoms with van der Waals surface area (Å²) in [7, 11) is 0. The summed E-state index contributed by atoms with van der Waals surface area (Å²) in [5.74, 6) is -4.02. The van der Waals surface area contributed by atoms with Gasteiger partial charge in [-0.05, 0) is 31.6 Å². The maximum absolute atomic E-state index is 10.6. The van der Waals surface area contributed by atoms with Gasteiger partial charge in [-0.2, -0.15) is 0 Å². The number of carbonyl (C=O) groups is 2. The third-order valence-corrected chi connectivity index (χ3v) is 4.16. The summed E-state index contributed by atoms with van der Waals surface area (Å²) < 4.78 is 0. The second-order valence-electron chi connectivity index (χ2n) is 5.98. The Morgan fingerprint density at radius 2 is 1.50 bits per heavy atom. The zero-order chi connectivity index (χ0) is 17.2. The molecule has 0 aliphatic heterocycles. The Balaban J connectivity index is 4.71. The predicted molar refractivity (Wildman–Crippen MR) is 82.3 cm³/mol. The van der Waals surface area contributed by atoms with Gasteiger partial charge in [0.15, 0.2) is 5.79 Å². The molecule has 0 aliphatic carbocycles. The summed E-state index contributed by atoms with van der Waals surface area (Å²) in [5, 5.41) is 38.1. The Morgan fingerprint density at radius 3 is 1.95 bits per heavy atom. The molecule has 0 heterocycles. The van der Waals surface area contributed by atoms with Crippen molar-refractivity contribution in [2.45, 2.75) is 77.4 Å². The number of aliphatic hydroxyl groups is 2. The minimum atomic E-state index is -1.90. The van der Waals surface area contributed by atoms with Crippen molar-refractivity contribution in [1.82, 2.24) is 0 Å². The molecule has 2 unspecified atom stereocenters. The van der Waals surface area contributed by atoms with Crippen molar-refractivity contribution < 1.29 is 30.0 Å². The van der Waals surface area contributed by atoms with Crippen LogP contribution in [0.25, 0.3) is 0 Å². The highest BCUT2D eigenvalue weighted by Crippen LogP contribution is 2.36. The third-order valence-electron chi connectivity index (χ3n) is 4.16. The average Bonchev–Trinajstić information content (AvgIpc) is 2.37. The van der Waals surface area contributed by atoms with Crippen molar-refractivity contribution >= 4 is 11.9 Å². The smallest absolute Gasteiger partial charge is 0.303 e. The Hall–Kier alpha value is -1.14. The Labute approximate surface area is 132 Å². The van der Waals surface area contributed by atoms with Crippen LogP contribution in [0.1, 0.15) is 71.6 Å². The van der Waals surface area contributed by atoms with Crippen LogP contribution in [0.4, 0.5) is 0 Å². The lowest BCUT2D eigenvalue weighted by Crippen LogP contribution is -2.42. The fourth-order valence-electron chi connectivity index (χ4n) is 3.16. The van der Waals surface area contributed by atoms with Gasteiger partial charge in [-0.3, -0.25) is 9.59 Å². The number of carboxylic acids is 2. The molecule has 6 heteroatoms. The molecule has 0 aromatic carbocycles. The first-order valence-corrected chi connectivity index (χ1v) is 8.12. The standard InChI is InChI=1S/C16H30O6/c1-3-7-12(8-5-9-14(17)18)13(4-2)16(21,22)11-6-10-15(19)20/h12-13,21-22H,3-11H2,1-2H3,(H,17,18)(H,19,20). The van der Waals surface area contributed by atoms with Gasteiger partial charge in [0, 0.05) is 25.2 Å². The van der Waals surface area contributed by atoms with E-state index in [9.17, 15) is 19.8 Å². The van der Waals surface area contributed by atoms with E-state index in [1.807, 2.05) is 13.8 Å². The molecule has 22 heavy (non-hydrogen) atoms. The highest BCUT2D eigenvalue weighted by molar-refractivity contribution is 5.66. The van der Waals surface area contributed by atoms with E-state index in [4.69, 9.17) is 10.2 Å². The van der Waals surface area contributed by atoms with E-state index in [1.54, 1.807) is 0 Å². The number of carboxylic acid groups (broad SMARTS) is 2. The highest BCUT2D eigenvalue weighted by atomic mass is 16.5. The molecular weight excluding hydrogens is 288 g/mol. The lowest BCUT2D eigenvalue weighted by molar-refractivity contribution is -0.219. The van der Waals surface area contributed by atoms with E-state index in [0.717, 1.165) is 12.8 Å². The Morgan fingerprint density at radius 1 is 0.955 bits per heavy atom. The molecule has 0 fully saturated rings. The van der Waals surface area contributed by atoms with Crippen LogP contribution < -0.4 is 0 Å². The summed E-state index contributed by atoms with van der Waals surface area (Å²) in [6.45, 7) is 3.89. The largest absolute Gasteiger partial charge is 0.481 e. The van der Waals surface area contributed by atoms with Crippen molar-refractivity contribution in [2.75, 3.05) is 0 Å². The molecule has 0 bridgehead atoms. The zero-order valence-electron chi connectivity index (χ0n) is 13.6. The minimum absolute atomic E-state index is 0.0248. The molecule has 0 aromatic heterocycles. The Kier molecular flexibility index (Phi) is 10.0. The predicted octanol–water partition coefficient (Wildman–Crippen LogP) is 2.62. The van der Waals surface area contributed by atoms with Gasteiger partial charge in [0.25, 0.3) is 0 Å². The molecule has 0 radical (unpaired) electrons. The first-order chi connectivity index (χ1) is 10.2. The number of hydrogen-bond donors (Lipinski definition) is 4. The summed E-state index contributed by atoms with van der Waals surface area (Å²) in [5.41, 5.74) is 0. The normalized spacial score (nSPS) is 14.5. The van der Waals surface area contributed by atoms with E-state index in [1.165, 1.54) is 0 Å². The van der Waals surface area contributed by atoms with E-state index in [-0.39, 0.29) is 37.5 Å². The summed E-state index contributed by atoms with van der Waals surface area (Å²) in [6, 6.07) is 0. The topological polar surface area (TPSA) is 115 Å². The van der Waals surface area contributed by atoms with Crippen LogP contribution in [0.5, 0.6) is 0 Å². The monoisotopic (exact) mass is 318 g/mol. The van der Waals surface area contributed by atoms with E-state index >= 15 is 0 Å². The quantitative estimate of drug-likeness (QED) is 0.388. The molecule has 0 rings (SSSR count). The molecule has 0 aromatic rings. The van der Waals surface area contributed by atoms with Crippen LogP contribution in [0.3, 0.4) is 0 Å². The Bertz CT molecular complexity index is 340. The summed E-state index contributed by atoms with van der Waals surface area (Å²) >= 11 is 0. The van der Waals surface area contributed by atoms with Gasteiger partial charge in [0.1, 0.15) is 0 Å². The highest BCUT2D eigenvalue weighted by Gasteiger charge is 2.37. The van der Waals surface area contributed by atoms with Crippen LogP contribution in [0, 0.1) is 11.8 Å². The lowest BCUT2D eigenvalue weighted by Gasteiger charge is -2.36. The van der Waals surface area contributed by atoms with Crippen molar-refractivity contribution in [2.24, 2.45) is 11.8 Å². The van der Waals surface area contributed by atoms with Crippen molar-refractivity contribution in [3.8, 4) is 0 Å². The van der Waals surface area contributed by atoms with Crippen LogP contribution >= 0.6 is 0 Å². The second kappa shape index (κ2) is 10.6. The SMILES string of the molecule is CCCC(CCCC(=O)O)C(CC)C(O)(O)CCCC(=O)O. The van der Waals surface area contributed by atoms with Gasteiger partial charge in [-0.1, -0.05) is 26.7 Å². The van der Waals surface area contributed by atoms with Gasteiger partial charge in [-0.15, -0.1) is 0 Å². The fraction of sp³-hybridized carbons (Fsp3) is 0.875. The zero-order valence-corrected chi connectivity index (χ0v) is 13.6. The van der Waals surface area contributed by atoms with Gasteiger partial charge in [-0.25, -0.2) is 0 Å². The molecule has 6 nitrogen and oxygen atoms in total. The van der Waals surface area contributed by atoms with Gasteiger partial charge in [0.2, 0.25) is 0 Å². The second-order valence-corrected chi connectivity index (χ2v) is 5.98. The number of aliphatic carboxylic acids is 2. The molecule has 0 spiro atoms. The van der Waals surface area contributed by atoms with Gasteiger partial charge < -0.3 is 20.4 Å². The lowest BCUT2D eigenvalue weighted by atomic mass is 9.76. The molecule has 0 saturated carbocycles. The molecule has 2 atom stereocenters. The van der Waals surface area contributed by atoms with E-state index in [2.05, 4.69) is 0 Å². The van der Waals surface area contributed by atoms with Crippen molar-refractivity contribution in [3.63, 3.8) is 0 Å². The molecule has 130 valence electrons. The molecule has 4 N–H and O–H groups in total. The van der Waals surface area contributed by atoms with Gasteiger partial charge in [0.05, 0.1) is 0 Å². The van der Waals surface area contributed by atoms with Crippen LogP contribution in [0.15, 0.2) is 0 Å².